The number of ketones is 1. The van der Waals surface area contributed by atoms with Crippen LogP contribution in [0.15, 0.2) is 24.3 Å². The van der Waals surface area contributed by atoms with Gasteiger partial charge < -0.3 is 0 Å². The fraction of sp³-hybridized carbons (Fsp3) is 0.182. The van der Waals surface area contributed by atoms with Gasteiger partial charge in [0, 0.05) is 0 Å². The third-order valence-electron chi connectivity index (χ3n) is 2.01. The highest BCUT2D eigenvalue weighted by atomic mass is 35.5. The van der Waals surface area contributed by atoms with E-state index in [0.717, 1.165) is 11.0 Å². The van der Waals surface area contributed by atoms with E-state index in [1.54, 1.807) is 0 Å². The van der Waals surface area contributed by atoms with Gasteiger partial charge in [0.2, 0.25) is 0 Å². The molecule has 76 valence electrons. The Balaban J connectivity index is 2.56. The number of carbonyl (C=O) groups excluding carboxylic acids is 1. The van der Waals surface area contributed by atoms with Crippen molar-refractivity contribution in [3.63, 3.8) is 0 Å². The molecule has 0 spiro atoms. The van der Waals surface area contributed by atoms with Crippen molar-refractivity contribution in [1.82, 2.24) is 9.97 Å². The Morgan fingerprint density at radius 1 is 1.27 bits per heavy atom. The lowest BCUT2D eigenvalue weighted by atomic mass is 10.2. The molecule has 0 bridgehead atoms. The number of halogens is 1. The molecular weight excluding hydrogens is 212 g/mol. The number of hydrogen-bond acceptors (Lipinski definition) is 3. The highest BCUT2D eigenvalue weighted by Gasteiger charge is 2.08. The summed E-state index contributed by atoms with van der Waals surface area (Å²) in [5, 5.41) is 0.309. The second kappa shape index (κ2) is 3.95. The summed E-state index contributed by atoms with van der Waals surface area (Å²) in [4.78, 5) is 19.5. The van der Waals surface area contributed by atoms with Gasteiger partial charge >= 0.3 is 0 Å². The zero-order valence-electron chi connectivity index (χ0n) is 8.20. The molecule has 0 amide bonds. The summed E-state index contributed by atoms with van der Waals surface area (Å²) in [6, 6.07) is 7.44. The SMILES string of the molecule is CC(=O)Cc1nc2ccccc2nc1Cl. The van der Waals surface area contributed by atoms with Gasteiger partial charge in [-0.3, -0.25) is 4.79 Å². The monoisotopic (exact) mass is 220 g/mol. The average molecular weight is 221 g/mol. The summed E-state index contributed by atoms with van der Waals surface area (Å²) in [6.45, 7) is 1.51. The van der Waals surface area contributed by atoms with Crippen LogP contribution in [0.5, 0.6) is 0 Å². The molecule has 2 aromatic rings. The smallest absolute Gasteiger partial charge is 0.151 e. The van der Waals surface area contributed by atoms with Crippen LogP contribution in [0.2, 0.25) is 5.15 Å². The normalized spacial score (nSPS) is 10.5. The molecule has 0 saturated heterocycles. The number of Topliss-reactive ketones (excluding diaryl/α,β-unsaturated/α-hetero) is 1. The Bertz CT molecular complexity index is 525. The molecule has 15 heavy (non-hydrogen) atoms. The van der Waals surface area contributed by atoms with Crippen molar-refractivity contribution in [2.24, 2.45) is 0 Å². The third kappa shape index (κ3) is 2.13. The molecule has 0 atom stereocenters. The van der Waals surface area contributed by atoms with Crippen molar-refractivity contribution >= 4 is 28.4 Å². The number of para-hydroxylation sites is 2. The maximum Gasteiger partial charge on any atom is 0.151 e. The first kappa shape index (κ1) is 10.1. The predicted molar refractivity (Wildman–Crippen MR) is 58.9 cm³/mol. The Morgan fingerprint density at radius 3 is 2.47 bits per heavy atom. The van der Waals surface area contributed by atoms with Crippen molar-refractivity contribution < 1.29 is 4.79 Å². The Morgan fingerprint density at radius 2 is 1.87 bits per heavy atom. The molecule has 1 aromatic carbocycles. The van der Waals surface area contributed by atoms with Crippen LogP contribution >= 0.6 is 11.6 Å². The van der Waals surface area contributed by atoms with Crippen LogP contribution in [0.3, 0.4) is 0 Å². The molecule has 0 N–H and O–H groups in total. The molecule has 0 unspecified atom stereocenters. The molecule has 0 aliphatic carbocycles. The predicted octanol–water partition coefficient (Wildman–Crippen LogP) is 2.41. The molecule has 1 heterocycles. The first-order valence-electron chi connectivity index (χ1n) is 4.57. The molecule has 4 heteroatoms. The van der Waals surface area contributed by atoms with Crippen molar-refractivity contribution in [3.8, 4) is 0 Å². The van der Waals surface area contributed by atoms with Crippen molar-refractivity contribution in [2.45, 2.75) is 13.3 Å². The summed E-state index contributed by atoms with van der Waals surface area (Å²) in [5.41, 5.74) is 2.05. The molecular formula is C11H9ClN2O. The van der Waals surface area contributed by atoms with E-state index in [2.05, 4.69) is 9.97 Å². The topological polar surface area (TPSA) is 42.9 Å². The number of fused-ring (bicyclic) bond motifs is 1. The number of hydrogen-bond donors (Lipinski definition) is 0. The van der Waals surface area contributed by atoms with Gasteiger partial charge in [-0.15, -0.1) is 0 Å². The number of benzene rings is 1. The van der Waals surface area contributed by atoms with Crippen LogP contribution in [-0.4, -0.2) is 15.8 Å². The summed E-state index contributed by atoms with van der Waals surface area (Å²) in [5.74, 6) is 0.0291. The van der Waals surface area contributed by atoms with Crippen LogP contribution in [0.4, 0.5) is 0 Å². The van der Waals surface area contributed by atoms with Gasteiger partial charge in [0.05, 0.1) is 23.1 Å². The van der Waals surface area contributed by atoms with E-state index in [1.165, 1.54) is 6.92 Å². The molecule has 1 aromatic heterocycles. The zero-order valence-corrected chi connectivity index (χ0v) is 8.95. The minimum Gasteiger partial charge on any atom is -0.300 e. The molecule has 0 saturated carbocycles. The quantitative estimate of drug-likeness (QED) is 0.781. The molecule has 0 radical (unpaired) electrons. The van der Waals surface area contributed by atoms with Crippen molar-refractivity contribution in [2.75, 3.05) is 0 Å². The van der Waals surface area contributed by atoms with E-state index < -0.39 is 0 Å². The lowest BCUT2D eigenvalue weighted by Crippen LogP contribution is -2.02. The van der Waals surface area contributed by atoms with Gasteiger partial charge in [0.25, 0.3) is 0 Å². The summed E-state index contributed by atoms with van der Waals surface area (Å²) < 4.78 is 0. The van der Waals surface area contributed by atoms with E-state index >= 15 is 0 Å². The first-order chi connectivity index (χ1) is 7.16. The largest absolute Gasteiger partial charge is 0.300 e. The van der Waals surface area contributed by atoms with Crippen LogP contribution in [-0.2, 0) is 11.2 Å². The van der Waals surface area contributed by atoms with Gasteiger partial charge in [0.1, 0.15) is 5.78 Å². The standard InChI is InChI=1S/C11H9ClN2O/c1-7(15)6-10-11(12)14-9-5-3-2-4-8(9)13-10/h2-5H,6H2,1H3. The lowest BCUT2D eigenvalue weighted by Gasteiger charge is -2.02. The van der Waals surface area contributed by atoms with Crippen LogP contribution in [0, 0.1) is 0 Å². The Kier molecular flexibility index (Phi) is 2.64. The van der Waals surface area contributed by atoms with E-state index in [0.29, 0.717) is 10.8 Å². The van der Waals surface area contributed by atoms with Crippen LogP contribution < -0.4 is 0 Å². The van der Waals surface area contributed by atoms with Crippen molar-refractivity contribution in [3.05, 3.63) is 35.1 Å². The first-order valence-corrected chi connectivity index (χ1v) is 4.95. The van der Waals surface area contributed by atoms with E-state index in [9.17, 15) is 4.79 Å². The Hall–Kier alpha value is -1.48. The minimum atomic E-state index is 0.0291. The molecule has 2 rings (SSSR count). The van der Waals surface area contributed by atoms with Gasteiger partial charge in [-0.05, 0) is 19.1 Å². The number of aromatic nitrogens is 2. The van der Waals surface area contributed by atoms with E-state index in [4.69, 9.17) is 11.6 Å². The number of rotatable bonds is 2. The van der Waals surface area contributed by atoms with E-state index in [-0.39, 0.29) is 12.2 Å². The Labute approximate surface area is 92.1 Å². The second-order valence-corrected chi connectivity index (χ2v) is 3.69. The maximum atomic E-state index is 11.0. The van der Waals surface area contributed by atoms with E-state index in [1.807, 2.05) is 24.3 Å². The van der Waals surface area contributed by atoms with Crippen molar-refractivity contribution in [1.29, 1.82) is 0 Å². The fourth-order valence-electron chi connectivity index (χ4n) is 1.36. The van der Waals surface area contributed by atoms with Gasteiger partial charge in [-0.1, -0.05) is 23.7 Å². The minimum absolute atomic E-state index is 0.0291. The summed E-state index contributed by atoms with van der Waals surface area (Å²) in [7, 11) is 0. The number of carbonyl (C=O) groups is 1. The summed E-state index contributed by atoms with van der Waals surface area (Å²) >= 11 is 5.92. The van der Waals surface area contributed by atoms with Crippen LogP contribution in [0.25, 0.3) is 11.0 Å². The van der Waals surface area contributed by atoms with Gasteiger partial charge in [-0.2, -0.15) is 0 Å². The molecule has 3 nitrogen and oxygen atoms in total. The molecule has 0 aliphatic rings. The summed E-state index contributed by atoms with van der Waals surface area (Å²) in [6.07, 6.45) is 0.233. The second-order valence-electron chi connectivity index (χ2n) is 3.33. The zero-order chi connectivity index (χ0) is 10.8. The highest BCUT2D eigenvalue weighted by Crippen LogP contribution is 2.17. The van der Waals surface area contributed by atoms with Gasteiger partial charge in [-0.25, -0.2) is 9.97 Å². The van der Waals surface area contributed by atoms with Crippen LogP contribution in [0.1, 0.15) is 12.6 Å². The lowest BCUT2D eigenvalue weighted by molar-refractivity contribution is -0.116. The molecule has 0 fully saturated rings. The average Bonchev–Trinajstić information content (AvgIpc) is 2.18. The maximum absolute atomic E-state index is 11.0. The highest BCUT2D eigenvalue weighted by molar-refractivity contribution is 6.30. The third-order valence-corrected chi connectivity index (χ3v) is 2.31. The number of nitrogens with zero attached hydrogens (tertiary/aromatic N) is 2. The molecule has 0 aliphatic heterocycles. The fourth-order valence-corrected chi connectivity index (χ4v) is 1.56. The van der Waals surface area contributed by atoms with Gasteiger partial charge in [0.15, 0.2) is 5.15 Å².